The minimum atomic E-state index is -3.67. The molecule has 1 aliphatic rings. The molecule has 142 valence electrons. The van der Waals surface area contributed by atoms with Crippen molar-refractivity contribution in [2.75, 3.05) is 20.1 Å². The molecule has 2 rings (SSSR count). The molecule has 1 aromatic rings. The first kappa shape index (κ1) is 19.9. The largest absolute Gasteiger partial charge is 0.449 e. The molecular weight excluding hydrogens is 362 g/mol. The van der Waals surface area contributed by atoms with E-state index >= 15 is 0 Å². The molecular formula is C16H21N3O6S. The highest BCUT2D eigenvalue weighted by molar-refractivity contribution is 7.89. The van der Waals surface area contributed by atoms with Crippen LogP contribution in [-0.2, 0) is 19.6 Å². The summed E-state index contributed by atoms with van der Waals surface area (Å²) < 4.78 is 31.5. The molecule has 0 saturated carbocycles. The first-order valence-electron chi connectivity index (χ1n) is 8.09. The van der Waals surface area contributed by atoms with Crippen molar-refractivity contribution < 1.29 is 27.5 Å². The lowest BCUT2D eigenvalue weighted by atomic mass is 10.2. The summed E-state index contributed by atoms with van der Waals surface area (Å²) in [7, 11) is -2.33. The average molecular weight is 383 g/mol. The molecule has 0 radical (unpaired) electrons. The maximum Gasteiger partial charge on any atom is 0.338 e. The summed E-state index contributed by atoms with van der Waals surface area (Å²) in [5, 5.41) is 4.19. The Kier molecular flexibility index (Phi) is 6.32. The summed E-state index contributed by atoms with van der Waals surface area (Å²) in [6.07, 6.45) is 0.386. The van der Waals surface area contributed by atoms with E-state index in [9.17, 15) is 22.8 Å². The van der Waals surface area contributed by atoms with Crippen molar-refractivity contribution in [1.82, 2.24) is 14.9 Å². The zero-order chi connectivity index (χ0) is 19.3. The summed E-state index contributed by atoms with van der Waals surface area (Å²) >= 11 is 0. The summed E-state index contributed by atoms with van der Waals surface area (Å²) in [6, 6.07) is 4.74. The lowest BCUT2D eigenvalue weighted by molar-refractivity contribution is -0.127. The standard InChI is InChI=1S/C16H21N3O6S/c1-11(14(20)18-16(22)17-2)25-15(21)12-6-5-7-13(10-12)26(23,24)19-8-3-4-9-19/h5-7,10-11H,3-4,8-9H2,1-2H3,(H2,17,18,20,22)/t11-/m1/s1. The normalized spacial score (nSPS) is 15.9. The smallest absolute Gasteiger partial charge is 0.338 e. The number of rotatable bonds is 5. The van der Waals surface area contributed by atoms with Gasteiger partial charge in [0, 0.05) is 20.1 Å². The molecule has 10 heteroatoms. The fraction of sp³-hybridized carbons (Fsp3) is 0.438. The summed E-state index contributed by atoms with van der Waals surface area (Å²) in [4.78, 5) is 35.0. The van der Waals surface area contributed by atoms with Crippen LogP contribution in [0.4, 0.5) is 4.79 Å². The summed E-state index contributed by atoms with van der Waals surface area (Å²) in [5.41, 5.74) is 0.00450. The number of nitrogens with zero attached hydrogens (tertiary/aromatic N) is 1. The number of hydrogen-bond donors (Lipinski definition) is 2. The number of hydrogen-bond acceptors (Lipinski definition) is 6. The molecule has 0 spiro atoms. The lowest BCUT2D eigenvalue weighted by Crippen LogP contribution is -2.43. The minimum absolute atomic E-state index is 0.00341. The van der Waals surface area contributed by atoms with E-state index in [0.717, 1.165) is 12.8 Å². The Balaban J connectivity index is 2.10. The number of imide groups is 1. The molecule has 1 fully saturated rings. The van der Waals surface area contributed by atoms with E-state index in [1.807, 2.05) is 5.32 Å². The van der Waals surface area contributed by atoms with Crippen LogP contribution in [0.15, 0.2) is 29.2 Å². The third kappa shape index (κ3) is 4.58. The van der Waals surface area contributed by atoms with Crippen LogP contribution < -0.4 is 10.6 Å². The van der Waals surface area contributed by atoms with Crippen molar-refractivity contribution in [2.24, 2.45) is 0 Å². The number of amides is 3. The molecule has 0 unspecified atom stereocenters. The van der Waals surface area contributed by atoms with E-state index in [0.29, 0.717) is 13.1 Å². The predicted octanol–water partition coefficient (Wildman–Crippen LogP) is 0.472. The van der Waals surface area contributed by atoms with Gasteiger partial charge in [0.05, 0.1) is 10.5 Å². The van der Waals surface area contributed by atoms with Gasteiger partial charge in [0.1, 0.15) is 0 Å². The van der Waals surface area contributed by atoms with Gasteiger partial charge >= 0.3 is 12.0 Å². The van der Waals surface area contributed by atoms with Gasteiger partial charge in [-0.3, -0.25) is 10.1 Å². The monoisotopic (exact) mass is 383 g/mol. The van der Waals surface area contributed by atoms with Crippen LogP contribution in [0.1, 0.15) is 30.1 Å². The van der Waals surface area contributed by atoms with Gasteiger partial charge in [-0.1, -0.05) is 6.07 Å². The van der Waals surface area contributed by atoms with Crippen LogP contribution in [0.5, 0.6) is 0 Å². The Morgan fingerprint density at radius 2 is 1.85 bits per heavy atom. The fourth-order valence-electron chi connectivity index (χ4n) is 2.42. The summed E-state index contributed by atoms with van der Waals surface area (Å²) in [5.74, 6) is -1.65. The van der Waals surface area contributed by atoms with Gasteiger partial charge in [-0.15, -0.1) is 0 Å². The fourth-order valence-corrected chi connectivity index (χ4v) is 3.98. The quantitative estimate of drug-likeness (QED) is 0.713. The summed E-state index contributed by atoms with van der Waals surface area (Å²) in [6.45, 7) is 2.21. The molecule has 0 aliphatic carbocycles. The Morgan fingerprint density at radius 1 is 1.19 bits per heavy atom. The van der Waals surface area contributed by atoms with Crippen molar-refractivity contribution in [3.05, 3.63) is 29.8 Å². The molecule has 9 nitrogen and oxygen atoms in total. The topological polar surface area (TPSA) is 122 Å². The predicted molar refractivity (Wildman–Crippen MR) is 91.9 cm³/mol. The number of nitrogens with one attached hydrogen (secondary N) is 2. The number of carbonyl (C=O) groups is 3. The molecule has 3 amide bonds. The van der Waals surface area contributed by atoms with E-state index in [1.54, 1.807) is 0 Å². The zero-order valence-electron chi connectivity index (χ0n) is 14.5. The molecule has 1 saturated heterocycles. The Morgan fingerprint density at radius 3 is 2.46 bits per heavy atom. The Labute approximate surface area is 151 Å². The van der Waals surface area contributed by atoms with E-state index in [4.69, 9.17) is 4.74 Å². The number of sulfonamides is 1. The number of urea groups is 1. The molecule has 2 N–H and O–H groups in total. The van der Waals surface area contributed by atoms with Gasteiger partial charge in [-0.2, -0.15) is 4.31 Å². The van der Waals surface area contributed by atoms with Crippen molar-refractivity contribution in [3.8, 4) is 0 Å². The number of esters is 1. The van der Waals surface area contributed by atoms with Gasteiger partial charge in [0.25, 0.3) is 5.91 Å². The van der Waals surface area contributed by atoms with Gasteiger partial charge in [0.15, 0.2) is 6.10 Å². The van der Waals surface area contributed by atoms with Gasteiger partial charge in [0.2, 0.25) is 10.0 Å². The second kappa shape index (κ2) is 8.28. The van der Waals surface area contributed by atoms with Gasteiger partial charge < -0.3 is 10.1 Å². The van der Waals surface area contributed by atoms with Crippen LogP contribution in [0, 0.1) is 0 Å². The lowest BCUT2D eigenvalue weighted by Gasteiger charge is -2.16. The minimum Gasteiger partial charge on any atom is -0.449 e. The van der Waals surface area contributed by atoms with E-state index in [1.165, 1.54) is 42.5 Å². The third-order valence-electron chi connectivity index (χ3n) is 3.89. The SMILES string of the molecule is CNC(=O)NC(=O)[C@@H](C)OC(=O)c1cccc(S(=O)(=O)N2CCCC2)c1. The van der Waals surface area contributed by atoms with E-state index in [-0.39, 0.29) is 10.5 Å². The molecule has 1 heterocycles. The first-order valence-corrected chi connectivity index (χ1v) is 9.53. The number of ether oxygens (including phenoxy) is 1. The van der Waals surface area contributed by atoms with Crippen molar-refractivity contribution in [3.63, 3.8) is 0 Å². The molecule has 0 bridgehead atoms. The van der Waals surface area contributed by atoms with Crippen LogP contribution >= 0.6 is 0 Å². The third-order valence-corrected chi connectivity index (χ3v) is 5.78. The highest BCUT2D eigenvalue weighted by Crippen LogP contribution is 2.22. The number of benzene rings is 1. The van der Waals surface area contributed by atoms with Crippen molar-refractivity contribution in [2.45, 2.75) is 30.8 Å². The second-order valence-corrected chi connectivity index (χ2v) is 7.69. The first-order chi connectivity index (χ1) is 12.3. The highest BCUT2D eigenvalue weighted by Gasteiger charge is 2.28. The average Bonchev–Trinajstić information content (AvgIpc) is 3.17. The Hall–Kier alpha value is -2.46. The van der Waals surface area contributed by atoms with Crippen LogP contribution in [0.3, 0.4) is 0 Å². The van der Waals surface area contributed by atoms with Gasteiger partial charge in [-0.25, -0.2) is 18.0 Å². The van der Waals surface area contributed by atoms with Crippen LogP contribution in [0.2, 0.25) is 0 Å². The molecule has 1 aromatic carbocycles. The molecule has 1 aliphatic heterocycles. The second-order valence-electron chi connectivity index (χ2n) is 5.75. The van der Waals surface area contributed by atoms with E-state index < -0.39 is 34.0 Å². The maximum absolute atomic E-state index is 12.6. The van der Waals surface area contributed by atoms with Gasteiger partial charge in [-0.05, 0) is 38.0 Å². The van der Waals surface area contributed by atoms with Crippen LogP contribution in [0.25, 0.3) is 0 Å². The number of carbonyl (C=O) groups excluding carboxylic acids is 3. The molecule has 1 atom stereocenters. The zero-order valence-corrected chi connectivity index (χ0v) is 15.3. The highest BCUT2D eigenvalue weighted by atomic mass is 32.2. The van der Waals surface area contributed by atoms with E-state index in [2.05, 4.69) is 5.32 Å². The Bertz CT molecular complexity index is 802. The molecule has 26 heavy (non-hydrogen) atoms. The molecule has 0 aromatic heterocycles. The maximum atomic E-state index is 12.6. The van der Waals surface area contributed by atoms with Crippen molar-refractivity contribution in [1.29, 1.82) is 0 Å². The van der Waals surface area contributed by atoms with Crippen LogP contribution in [-0.4, -0.2) is 56.9 Å². The van der Waals surface area contributed by atoms with Crippen molar-refractivity contribution >= 4 is 27.9 Å².